The lowest BCUT2D eigenvalue weighted by Crippen LogP contribution is -2.47. The number of imidazole rings is 2. The van der Waals surface area contributed by atoms with Crippen molar-refractivity contribution in [3.63, 3.8) is 0 Å². The van der Waals surface area contributed by atoms with Gasteiger partial charge in [-0.2, -0.15) is 35.3 Å². The number of nitrogens with one attached hydrogen (secondary N) is 4. The quantitative estimate of drug-likeness (QED) is 0.0225. The maximum atomic E-state index is 14.7. The number of methoxy groups -OCH3 is 1. The Morgan fingerprint density at radius 3 is 1.23 bits per heavy atom. The Bertz CT molecular complexity index is 6430. The second-order valence-corrected chi connectivity index (χ2v) is 45.7. The van der Waals surface area contributed by atoms with Gasteiger partial charge in [0.05, 0.1) is 55.8 Å². The summed E-state index contributed by atoms with van der Waals surface area (Å²) in [6.07, 6.45) is -9.97. The number of ether oxygens (including phenoxy) is 14. The van der Waals surface area contributed by atoms with Gasteiger partial charge in [-0.3, -0.25) is 47.4 Å². The minimum atomic E-state index is -2.38. The van der Waals surface area contributed by atoms with Gasteiger partial charge in [0.15, 0.2) is 90.3 Å². The van der Waals surface area contributed by atoms with E-state index < -0.39 is 170 Å². The van der Waals surface area contributed by atoms with Crippen LogP contribution in [0.3, 0.4) is 0 Å². The smallest absolute Gasteiger partial charge is 0.330 e. The summed E-state index contributed by atoms with van der Waals surface area (Å²) >= 11 is 4.31. The molecule has 16 atom stereocenters. The molecule has 35 nitrogen and oxygen atoms in total. The van der Waals surface area contributed by atoms with E-state index in [0.717, 1.165) is 16.7 Å². The standard InChI is InChI=1S/C96H110N14O21S3Si/c1-52(2)91(3,4)135(14,15)119-43-61-71-75(128-92(5,6)124-71)87(120-61)109-65(101-69-79(97-50-99-81(69)109)105-83(113)53-28-20-16-21-29-53)48-134-47-64-73-77(130-94(9,10)126-73)86(122-64)108-59(41-68(112)104-90(108)116)44-132-45-62-74-78(131-95(11,12)127-74)88(123-62)110-66(102-70-80(98-51-100-82(70)110)106-84(114)54-30-22-17-23-31-54)49-133-46-63-72-76(129-93(7,8)125-72)85(121-63)107-58(40-67(111)103-89(107)115)42-118-96(55-32-24-18-25-33-55,56-34-26-19-27-35-56)57-36-38-60(117-13)39-37-57/h16-41,50-52,61-64,71-78,85-88H,42-49H2,1-15H3,(H,103,111,115)(H,104,112,116)(H,97,99,105,113)(H,98,100,106,114)/t61-,62-,63-,64-,71-,72-,73-,74-,75-,76-,77-,78-,85-,86-,87-,88-/m1/s1. The summed E-state index contributed by atoms with van der Waals surface area (Å²) in [6.45, 7) is 28.0. The van der Waals surface area contributed by atoms with Crippen LogP contribution in [0.4, 0.5) is 11.6 Å². The van der Waals surface area contributed by atoms with Gasteiger partial charge in [0, 0.05) is 52.0 Å². The van der Waals surface area contributed by atoms with Crippen molar-refractivity contribution in [1.82, 2.24) is 58.1 Å². The molecule has 19 rings (SSSR count). The fourth-order valence-electron chi connectivity index (χ4n) is 19.3. The van der Waals surface area contributed by atoms with E-state index >= 15 is 0 Å². The number of aromatic amines is 2. The van der Waals surface area contributed by atoms with Crippen LogP contribution in [0.15, 0.2) is 190 Å². The molecule has 8 aliphatic rings. The fraction of sp³-hybridized carbons (Fsp3) is 0.479. The Balaban J connectivity index is 0.583. The number of thioether (sulfide) groups is 3. The van der Waals surface area contributed by atoms with Gasteiger partial charge in [0.1, 0.15) is 90.6 Å². The van der Waals surface area contributed by atoms with Crippen LogP contribution in [-0.2, 0) is 95.5 Å². The first-order valence-electron chi connectivity index (χ1n) is 45.2. The molecule has 5 aromatic carbocycles. The van der Waals surface area contributed by atoms with Gasteiger partial charge < -0.3 is 81.4 Å². The minimum absolute atomic E-state index is 0.0873. The molecule has 0 aliphatic carbocycles. The third-order valence-electron chi connectivity index (χ3n) is 26.7. The SMILES string of the molecule is COc1ccc(C(OCc2cc(=O)[nH]c(=O)n2[C@@H]2O[C@H](CSCc3nc4c(NC(=O)c5ccccc5)ncnc4n3[C@@H]3O[C@H](CSCc4cc(=O)[nH]c(=O)n4[C@@H]4O[C@H](CSCc5nc6c(NC(=O)c7ccccc7)ncnc6n5[C@@H]5O[C@H](CO[Si](C)(C)C(C)(C)C(C)C)[C@H]6OC(C)(C)O[C@H]65)[C@H]5OC(C)(C)O[C@H]54)[C@H]4OC(C)(C)O[C@H]43)[C@H]3OC(C)(C)O[C@H]32)(c2ccccc2)c2ccccc2)cc1. The third kappa shape index (κ3) is 18.4. The maximum absolute atomic E-state index is 14.7. The van der Waals surface area contributed by atoms with E-state index in [4.69, 9.17) is 90.7 Å². The van der Waals surface area contributed by atoms with Crippen LogP contribution in [0.1, 0.15) is 168 Å². The van der Waals surface area contributed by atoms with Gasteiger partial charge in [0.25, 0.3) is 22.9 Å². The molecule has 8 fully saturated rings. The van der Waals surface area contributed by atoms with Crippen molar-refractivity contribution in [3.8, 4) is 5.75 Å². The number of aromatic nitrogens is 12. The Hall–Kier alpha value is -9.99. The molecule has 0 spiro atoms. The molecule has 712 valence electrons. The lowest BCUT2D eigenvalue weighted by molar-refractivity contribution is -0.199. The third-order valence-corrected chi connectivity index (χ3v) is 34.4. The number of amides is 2. The molecular formula is C96H110N14O21S3Si. The van der Waals surface area contributed by atoms with Crippen LogP contribution in [0.2, 0.25) is 18.1 Å². The van der Waals surface area contributed by atoms with E-state index in [-0.39, 0.29) is 75.6 Å². The summed E-state index contributed by atoms with van der Waals surface area (Å²) in [4.78, 5) is 119. The summed E-state index contributed by atoms with van der Waals surface area (Å²) < 4.78 is 109. The van der Waals surface area contributed by atoms with Gasteiger partial charge >= 0.3 is 11.4 Å². The average Bonchev–Trinajstić information content (AvgIpc) is 1.66. The van der Waals surface area contributed by atoms with E-state index in [9.17, 15) is 28.8 Å². The van der Waals surface area contributed by atoms with E-state index in [2.05, 4.69) is 71.4 Å². The van der Waals surface area contributed by atoms with Crippen molar-refractivity contribution >= 4 is 89.4 Å². The molecule has 11 aromatic rings. The van der Waals surface area contributed by atoms with E-state index in [1.54, 1.807) is 83.3 Å². The van der Waals surface area contributed by atoms with Gasteiger partial charge in [-0.1, -0.05) is 137 Å². The van der Waals surface area contributed by atoms with E-state index in [0.29, 0.717) is 56.9 Å². The van der Waals surface area contributed by atoms with Crippen LogP contribution in [-0.4, -0.2) is 206 Å². The zero-order valence-corrected chi connectivity index (χ0v) is 80.9. The Kier molecular flexibility index (Phi) is 25.8. The van der Waals surface area contributed by atoms with Crippen molar-refractivity contribution in [1.29, 1.82) is 0 Å². The van der Waals surface area contributed by atoms with E-state index in [1.165, 1.54) is 69.2 Å². The van der Waals surface area contributed by atoms with Gasteiger partial charge in [-0.25, -0.2) is 39.5 Å². The molecule has 135 heavy (non-hydrogen) atoms. The number of benzene rings is 5. The summed E-state index contributed by atoms with van der Waals surface area (Å²) in [7, 11) is -0.779. The topological polar surface area (TPSA) is 394 Å². The van der Waals surface area contributed by atoms with Crippen LogP contribution in [0.25, 0.3) is 22.3 Å². The van der Waals surface area contributed by atoms with Crippen LogP contribution in [0.5, 0.6) is 5.75 Å². The summed E-state index contributed by atoms with van der Waals surface area (Å²) in [5, 5.41) is 5.87. The highest BCUT2D eigenvalue weighted by molar-refractivity contribution is 7.99. The lowest BCUT2D eigenvalue weighted by Gasteiger charge is -2.43. The Morgan fingerprint density at radius 2 is 0.822 bits per heavy atom. The summed E-state index contributed by atoms with van der Waals surface area (Å²) in [5.41, 5.74) is 0.846. The molecule has 0 bridgehead atoms. The molecule has 0 saturated carbocycles. The first-order chi connectivity index (χ1) is 64.5. The maximum Gasteiger partial charge on any atom is 0.330 e. The highest BCUT2D eigenvalue weighted by Crippen LogP contribution is 2.53. The number of fused-ring (bicyclic) bond motifs is 6. The number of nitrogens with zero attached hydrogens (tertiary/aromatic N) is 10. The minimum Gasteiger partial charge on any atom is -0.497 e. The molecule has 8 saturated heterocycles. The number of carbonyl (C=O) groups excluding carboxylic acids is 2. The van der Waals surface area contributed by atoms with Crippen molar-refractivity contribution in [3.05, 3.63) is 263 Å². The largest absolute Gasteiger partial charge is 0.497 e. The Morgan fingerprint density at radius 1 is 0.467 bits per heavy atom. The molecule has 2 amide bonds. The van der Waals surface area contributed by atoms with Gasteiger partial charge in [-0.05, 0) is 133 Å². The normalized spacial score (nSPS) is 26.4. The van der Waals surface area contributed by atoms with Crippen molar-refractivity contribution in [2.24, 2.45) is 5.92 Å². The van der Waals surface area contributed by atoms with Crippen LogP contribution in [0, 0.1) is 5.92 Å². The highest BCUT2D eigenvalue weighted by Gasteiger charge is 2.62. The van der Waals surface area contributed by atoms with Crippen molar-refractivity contribution in [2.75, 3.05) is 41.6 Å². The predicted molar refractivity (Wildman–Crippen MR) is 504 cm³/mol. The molecule has 39 heteroatoms. The monoisotopic (exact) mass is 1920 g/mol. The van der Waals surface area contributed by atoms with Crippen molar-refractivity contribution < 1.29 is 80.3 Å². The second-order valence-electron chi connectivity index (χ2n) is 38.0. The average molecular weight is 1920 g/mol. The molecule has 8 aliphatic heterocycles. The zero-order chi connectivity index (χ0) is 94.6. The number of hydrogen-bond acceptors (Lipinski definition) is 30. The zero-order valence-electron chi connectivity index (χ0n) is 77.4. The number of hydrogen-bond donors (Lipinski definition) is 4. The first kappa shape index (κ1) is 94.0. The summed E-state index contributed by atoms with van der Waals surface area (Å²) in [5.74, 6) is -1.77. The van der Waals surface area contributed by atoms with Gasteiger partial charge in [-0.15, -0.1) is 0 Å². The fourth-order valence-corrected chi connectivity index (χ4v) is 24.7. The van der Waals surface area contributed by atoms with Crippen LogP contribution >= 0.6 is 35.3 Å². The number of H-pyrrole nitrogens is 2. The van der Waals surface area contributed by atoms with Gasteiger partial charge in [0.2, 0.25) is 0 Å². The number of rotatable bonds is 32. The molecule has 0 unspecified atom stereocenters. The number of carbonyl (C=O) groups is 2. The molecule has 0 radical (unpaired) electrons. The molecule has 6 aromatic heterocycles. The molecule has 14 heterocycles. The molecule has 4 N–H and O–H groups in total. The van der Waals surface area contributed by atoms with Crippen LogP contribution < -0.4 is 37.9 Å². The Labute approximate surface area is 791 Å². The first-order valence-corrected chi connectivity index (χ1v) is 51.6. The lowest BCUT2D eigenvalue weighted by atomic mass is 9.80. The number of anilines is 2. The van der Waals surface area contributed by atoms with Crippen molar-refractivity contribution in [2.45, 2.75) is 252 Å². The molecular weight excluding hydrogens is 1810 g/mol. The second kappa shape index (κ2) is 37.1. The highest BCUT2D eigenvalue weighted by atomic mass is 32.2. The summed E-state index contributed by atoms with van der Waals surface area (Å²) in [6, 6.07) is 47.3. The van der Waals surface area contributed by atoms with E-state index in [1.807, 2.05) is 134 Å². The predicted octanol–water partition coefficient (Wildman–Crippen LogP) is 12.8.